The van der Waals surface area contributed by atoms with Crippen LogP contribution in [0, 0.1) is 11.6 Å². The van der Waals surface area contributed by atoms with E-state index in [1.165, 1.54) is 10.4 Å². The summed E-state index contributed by atoms with van der Waals surface area (Å²) in [5, 5.41) is 11.5. The van der Waals surface area contributed by atoms with Crippen LogP contribution in [-0.4, -0.2) is 66.4 Å². The molecule has 0 bridgehead atoms. The molecule has 1 saturated heterocycles. The first kappa shape index (κ1) is 24.2. The predicted molar refractivity (Wildman–Crippen MR) is 129 cm³/mol. The van der Waals surface area contributed by atoms with E-state index >= 15 is 0 Å². The van der Waals surface area contributed by atoms with Gasteiger partial charge < -0.3 is 14.4 Å². The molecular weight excluding hydrogens is 476 g/mol. The van der Waals surface area contributed by atoms with Crippen molar-refractivity contribution >= 4 is 20.9 Å². The van der Waals surface area contributed by atoms with Gasteiger partial charge in [-0.25, -0.2) is 17.2 Å². The van der Waals surface area contributed by atoms with Crippen molar-refractivity contribution in [2.75, 3.05) is 39.1 Å². The molecule has 188 valence electrons. The maximum absolute atomic E-state index is 14.6. The molecule has 3 aromatic rings. The second-order valence-electron chi connectivity index (χ2n) is 9.49. The Labute approximate surface area is 203 Å². The van der Waals surface area contributed by atoms with Crippen LogP contribution in [0.2, 0.25) is 0 Å². The Hall–Kier alpha value is -2.53. The third-order valence-electron chi connectivity index (χ3n) is 7.52. The number of fused-ring (bicyclic) bond motifs is 4. The van der Waals surface area contributed by atoms with Crippen molar-refractivity contribution in [1.82, 2.24) is 13.8 Å². The molecular formula is C25H29F2N3O4S. The van der Waals surface area contributed by atoms with Gasteiger partial charge in [-0.15, -0.1) is 0 Å². The maximum Gasteiger partial charge on any atom is 0.213 e. The van der Waals surface area contributed by atoms with Crippen molar-refractivity contribution in [3.63, 3.8) is 0 Å². The Balaban J connectivity index is 1.67. The first-order valence-electron chi connectivity index (χ1n) is 11.6. The summed E-state index contributed by atoms with van der Waals surface area (Å²) in [5.41, 5.74) is 2.42. The minimum Gasteiger partial charge on any atom is -0.497 e. The van der Waals surface area contributed by atoms with Gasteiger partial charge in [-0.2, -0.15) is 4.31 Å². The fourth-order valence-electron chi connectivity index (χ4n) is 5.78. The lowest BCUT2D eigenvalue weighted by Crippen LogP contribution is -2.67. The van der Waals surface area contributed by atoms with E-state index in [-0.39, 0.29) is 24.5 Å². The summed E-state index contributed by atoms with van der Waals surface area (Å²) in [6.45, 7) is 2.47. The average molecular weight is 506 g/mol. The molecule has 0 aliphatic carbocycles. The van der Waals surface area contributed by atoms with E-state index < -0.39 is 33.1 Å². The van der Waals surface area contributed by atoms with Crippen molar-refractivity contribution in [1.29, 1.82) is 0 Å². The molecule has 35 heavy (non-hydrogen) atoms. The number of rotatable bonds is 6. The van der Waals surface area contributed by atoms with Crippen molar-refractivity contribution in [3.8, 4) is 5.75 Å². The Bertz CT molecular complexity index is 1400. The van der Waals surface area contributed by atoms with Gasteiger partial charge in [0, 0.05) is 61.4 Å². The van der Waals surface area contributed by atoms with Crippen LogP contribution in [-0.2, 0) is 29.0 Å². The topological polar surface area (TPSA) is 75.0 Å². The van der Waals surface area contributed by atoms with Gasteiger partial charge >= 0.3 is 0 Å². The van der Waals surface area contributed by atoms with Gasteiger partial charge in [-0.1, -0.05) is 0 Å². The molecule has 0 amide bonds. The summed E-state index contributed by atoms with van der Waals surface area (Å²) in [5.74, 6) is -0.351. The smallest absolute Gasteiger partial charge is 0.213 e. The van der Waals surface area contributed by atoms with E-state index in [1.807, 2.05) is 34.7 Å². The second kappa shape index (κ2) is 8.55. The van der Waals surface area contributed by atoms with Crippen LogP contribution in [0.15, 0.2) is 36.4 Å². The highest BCUT2D eigenvalue weighted by Crippen LogP contribution is 2.50. The lowest BCUT2D eigenvalue weighted by Gasteiger charge is -2.55. The first-order chi connectivity index (χ1) is 16.6. The zero-order valence-corrected chi connectivity index (χ0v) is 20.8. The highest BCUT2D eigenvalue weighted by atomic mass is 32.2. The summed E-state index contributed by atoms with van der Waals surface area (Å²) in [7, 11) is 0.124. The normalized spacial score (nSPS) is 20.2. The summed E-state index contributed by atoms with van der Waals surface area (Å²) in [6, 6.07) is 8.65. The van der Waals surface area contributed by atoms with Crippen LogP contribution in [0.3, 0.4) is 0 Å². The van der Waals surface area contributed by atoms with Crippen LogP contribution in [0.1, 0.15) is 29.8 Å². The number of halogens is 2. The Morgan fingerprint density at radius 3 is 2.54 bits per heavy atom. The third-order valence-corrected chi connectivity index (χ3v) is 9.29. The number of ether oxygens (including phenoxy) is 1. The number of aromatic nitrogens is 1. The van der Waals surface area contributed by atoms with E-state index in [0.717, 1.165) is 34.3 Å². The molecule has 1 aromatic heterocycles. The third kappa shape index (κ3) is 3.74. The number of hydrogen-bond acceptors (Lipinski definition) is 5. The number of methoxy groups -OCH3 is 1. The summed E-state index contributed by atoms with van der Waals surface area (Å²) in [4.78, 5) is 1.94. The molecule has 10 heteroatoms. The zero-order valence-electron chi connectivity index (χ0n) is 20.0. The number of aliphatic hydroxyl groups is 1. The average Bonchev–Trinajstić information content (AvgIpc) is 3.11. The number of aliphatic hydroxyl groups excluding tert-OH is 1. The minimum absolute atomic E-state index is 0.0140. The van der Waals surface area contributed by atoms with Crippen molar-refractivity contribution in [2.24, 2.45) is 7.05 Å². The zero-order chi connectivity index (χ0) is 25.1. The van der Waals surface area contributed by atoms with Gasteiger partial charge in [0.2, 0.25) is 10.0 Å². The molecule has 7 nitrogen and oxygen atoms in total. The molecule has 0 radical (unpaired) electrons. The number of nitrogens with zero attached hydrogens (tertiary/aromatic N) is 3. The Morgan fingerprint density at radius 1 is 1.14 bits per heavy atom. The van der Waals surface area contributed by atoms with Crippen molar-refractivity contribution in [3.05, 3.63) is 64.9 Å². The SMILES string of the molecule is CCS(=O)(=O)N1CC2(CN(Cc3cc(F)ccc3F)[C@@H](CO)c3c2c2ccc(OC)cc2n3C)C1. The molecule has 1 fully saturated rings. The fraction of sp³-hybridized carbons (Fsp3) is 0.440. The first-order valence-corrected chi connectivity index (χ1v) is 13.2. The van der Waals surface area contributed by atoms with Crippen molar-refractivity contribution in [2.45, 2.75) is 24.9 Å². The summed E-state index contributed by atoms with van der Waals surface area (Å²) in [6.07, 6.45) is 0. The highest BCUT2D eigenvalue weighted by Gasteiger charge is 2.55. The summed E-state index contributed by atoms with van der Waals surface area (Å²) < 4.78 is 62.6. The van der Waals surface area contributed by atoms with Gasteiger partial charge in [-0.05, 0) is 42.8 Å². The molecule has 0 unspecified atom stereocenters. The molecule has 2 aliphatic rings. The Morgan fingerprint density at radius 2 is 1.89 bits per heavy atom. The number of aryl methyl sites for hydroxylation is 1. The quantitative estimate of drug-likeness (QED) is 0.558. The predicted octanol–water partition coefficient (Wildman–Crippen LogP) is 2.92. The van der Waals surface area contributed by atoms with Crippen LogP contribution in [0.5, 0.6) is 5.75 Å². The standard InChI is InChI=1S/C25H29F2N3O4S/c1-4-35(32,33)30-14-25(15-30)13-29(11-16-9-17(26)5-8-20(16)27)22(12-31)24-23(25)19-7-6-18(34-3)10-21(19)28(24)2/h5-10,22,31H,4,11-15H2,1-3H3/t22-/m0/s1. The van der Waals surface area contributed by atoms with E-state index in [0.29, 0.717) is 25.4 Å². The van der Waals surface area contributed by atoms with Gasteiger partial charge in [0.25, 0.3) is 0 Å². The lowest BCUT2D eigenvalue weighted by atomic mass is 9.70. The van der Waals surface area contributed by atoms with Crippen LogP contribution < -0.4 is 4.74 Å². The van der Waals surface area contributed by atoms with Gasteiger partial charge in [0.05, 0.1) is 31.0 Å². The molecule has 0 saturated carbocycles. The van der Waals surface area contributed by atoms with Gasteiger partial charge in [0.15, 0.2) is 0 Å². The molecule has 1 atom stereocenters. The van der Waals surface area contributed by atoms with Crippen molar-refractivity contribution < 1.29 is 27.0 Å². The fourth-order valence-corrected chi connectivity index (χ4v) is 7.03. The van der Waals surface area contributed by atoms with Crippen LogP contribution >= 0.6 is 0 Å². The van der Waals surface area contributed by atoms with E-state index in [2.05, 4.69) is 0 Å². The van der Waals surface area contributed by atoms with Gasteiger partial charge in [0.1, 0.15) is 17.4 Å². The van der Waals surface area contributed by atoms with E-state index in [9.17, 15) is 22.3 Å². The summed E-state index contributed by atoms with van der Waals surface area (Å²) >= 11 is 0. The maximum atomic E-state index is 14.6. The van der Waals surface area contributed by atoms with Crippen LogP contribution in [0.4, 0.5) is 8.78 Å². The van der Waals surface area contributed by atoms with Gasteiger partial charge in [-0.3, -0.25) is 4.90 Å². The number of benzene rings is 2. The largest absolute Gasteiger partial charge is 0.497 e. The number of sulfonamides is 1. The molecule has 3 heterocycles. The highest BCUT2D eigenvalue weighted by molar-refractivity contribution is 7.89. The molecule has 2 aromatic carbocycles. The lowest BCUT2D eigenvalue weighted by molar-refractivity contribution is 0.0236. The second-order valence-corrected chi connectivity index (χ2v) is 11.7. The van der Waals surface area contributed by atoms with E-state index in [1.54, 1.807) is 14.0 Å². The van der Waals surface area contributed by atoms with E-state index in [4.69, 9.17) is 4.74 Å². The molecule has 5 rings (SSSR count). The minimum atomic E-state index is -3.38. The number of hydrogen-bond donors (Lipinski definition) is 1. The molecule has 1 N–H and O–H groups in total. The van der Waals surface area contributed by atoms with Crippen LogP contribution in [0.25, 0.3) is 10.9 Å². The Kier molecular flexibility index (Phi) is 5.90. The molecule has 2 aliphatic heterocycles. The molecule has 1 spiro atoms. The monoisotopic (exact) mass is 505 g/mol.